The fourth-order valence-electron chi connectivity index (χ4n) is 3.94. The van der Waals surface area contributed by atoms with Gasteiger partial charge in [-0.2, -0.15) is 0 Å². The Kier molecular flexibility index (Phi) is 4.78. The van der Waals surface area contributed by atoms with E-state index < -0.39 is 0 Å². The van der Waals surface area contributed by atoms with E-state index in [1.807, 2.05) is 56.3 Å². The minimum Gasteiger partial charge on any atom is -0.369 e. The lowest BCUT2D eigenvalue weighted by Gasteiger charge is -2.13. The summed E-state index contributed by atoms with van der Waals surface area (Å²) in [7, 11) is 0. The van der Waals surface area contributed by atoms with Crippen molar-refractivity contribution >= 4 is 11.6 Å². The third-order valence-corrected chi connectivity index (χ3v) is 5.29. The van der Waals surface area contributed by atoms with Gasteiger partial charge in [0.1, 0.15) is 5.82 Å². The molecule has 32 heavy (non-hydrogen) atoms. The number of nitrogens with zero attached hydrogens (tertiary/aromatic N) is 6. The summed E-state index contributed by atoms with van der Waals surface area (Å²) in [6.45, 7) is 4.24. The first-order valence-corrected chi connectivity index (χ1v) is 10.3. The molecular weight excluding hydrogens is 404 g/mol. The highest BCUT2D eigenvalue weighted by Crippen LogP contribution is 2.34. The second kappa shape index (κ2) is 7.77. The number of H-pyrrole nitrogens is 1. The van der Waals surface area contributed by atoms with E-state index in [-0.39, 0.29) is 11.6 Å². The maximum atomic E-state index is 13.2. The van der Waals surface area contributed by atoms with Gasteiger partial charge < -0.3 is 10.7 Å². The van der Waals surface area contributed by atoms with Crippen molar-refractivity contribution in [2.45, 2.75) is 26.8 Å². The molecule has 0 aliphatic carbocycles. The molecule has 1 aromatic carbocycles. The van der Waals surface area contributed by atoms with E-state index in [9.17, 15) is 4.79 Å². The number of benzene rings is 1. The molecule has 0 unspecified atom stereocenters. The molecule has 5 rings (SSSR count). The molecule has 0 saturated heterocycles. The number of fused-ring (bicyclic) bond motifs is 1. The number of aromatic nitrogens is 7. The Morgan fingerprint density at radius 2 is 1.78 bits per heavy atom. The second-order valence-corrected chi connectivity index (χ2v) is 7.65. The van der Waals surface area contributed by atoms with E-state index in [0.717, 1.165) is 33.9 Å². The molecule has 0 spiro atoms. The van der Waals surface area contributed by atoms with E-state index in [1.54, 1.807) is 12.4 Å². The fraction of sp³-hybridized carbons (Fsp3) is 0.174. The molecule has 0 radical (unpaired) electrons. The number of rotatable bonds is 5. The van der Waals surface area contributed by atoms with Gasteiger partial charge in [-0.25, -0.2) is 23.8 Å². The van der Waals surface area contributed by atoms with Crippen LogP contribution in [-0.4, -0.2) is 34.1 Å². The molecule has 0 bridgehead atoms. The first-order chi connectivity index (χ1) is 15.5. The van der Waals surface area contributed by atoms with Crippen molar-refractivity contribution < 1.29 is 0 Å². The average molecular weight is 426 g/mol. The first kappa shape index (κ1) is 19.7. The Hall–Kier alpha value is -4.27. The zero-order valence-corrected chi connectivity index (χ0v) is 17.8. The zero-order chi connectivity index (χ0) is 22.2. The number of nitrogens with two attached hydrogens (primary N) is 1. The zero-order valence-electron chi connectivity index (χ0n) is 17.8. The Morgan fingerprint density at radius 1 is 1.03 bits per heavy atom. The van der Waals surface area contributed by atoms with Crippen LogP contribution in [0.15, 0.2) is 59.7 Å². The molecule has 9 nitrogen and oxygen atoms in total. The number of pyridine rings is 1. The summed E-state index contributed by atoms with van der Waals surface area (Å²) in [5.74, 6) is 0.880. The van der Waals surface area contributed by atoms with Crippen molar-refractivity contribution in [2.75, 3.05) is 5.73 Å². The minimum absolute atomic E-state index is 0.0966. The number of aromatic amines is 1. The van der Waals surface area contributed by atoms with Crippen LogP contribution < -0.4 is 11.4 Å². The summed E-state index contributed by atoms with van der Waals surface area (Å²) in [6.07, 6.45) is 3.97. The van der Waals surface area contributed by atoms with Crippen LogP contribution in [0.1, 0.15) is 17.2 Å². The molecule has 0 fully saturated rings. The maximum Gasteiger partial charge on any atom is 0.353 e. The number of nitrogen functional groups attached to an aromatic ring is 1. The van der Waals surface area contributed by atoms with Crippen molar-refractivity contribution in [1.82, 2.24) is 34.1 Å². The van der Waals surface area contributed by atoms with Gasteiger partial charge >= 0.3 is 5.69 Å². The van der Waals surface area contributed by atoms with Crippen molar-refractivity contribution in [3.8, 4) is 22.4 Å². The third kappa shape index (κ3) is 3.43. The Morgan fingerprint density at radius 3 is 2.47 bits per heavy atom. The van der Waals surface area contributed by atoms with Gasteiger partial charge in [-0.1, -0.05) is 30.3 Å². The van der Waals surface area contributed by atoms with E-state index in [2.05, 4.69) is 25.0 Å². The minimum atomic E-state index is -0.333. The normalized spacial score (nSPS) is 11.3. The van der Waals surface area contributed by atoms with E-state index in [0.29, 0.717) is 24.3 Å². The monoisotopic (exact) mass is 426 g/mol. The van der Waals surface area contributed by atoms with Crippen molar-refractivity contribution in [3.05, 3.63) is 82.6 Å². The topological polar surface area (TPSA) is 120 Å². The lowest BCUT2D eigenvalue weighted by atomic mass is 9.99. The number of anilines is 1. The third-order valence-electron chi connectivity index (χ3n) is 5.29. The largest absolute Gasteiger partial charge is 0.369 e. The lowest BCUT2D eigenvalue weighted by molar-refractivity contribution is 0.583. The van der Waals surface area contributed by atoms with Gasteiger partial charge in [0.2, 0.25) is 5.95 Å². The molecule has 0 atom stereocenters. The summed E-state index contributed by atoms with van der Waals surface area (Å²) in [5.41, 5.74) is 11.3. The van der Waals surface area contributed by atoms with Gasteiger partial charge in [0, 0.05) is 35.8 Å². The molecule has 3 N–H and O–H groups in total. The van der Waals surface area contributed by atoms with Crippen LogP contribution in [0.2, 0.25) is 0 Å². The molecular formula is C23H22N8O. The Labute approximate surface area is 183 Å². The number of nitrogens with one attached hydrogen (secondary N) is 1. The predicted molar refractivity (Wildman–Crippen MR) is 122 cm³/mol. The van der Waals surface area contributed by atoms with Crippen LogP contribution in [-0.2, 0) is 13.0 Å². The molecule has 5 aromatic rings. The van der Waals surface area contributed by atoms with Gasteiger partial charge in [0.25, 0.3) is 0 Å². The Bertz CT molecular complexity index is 1450. The molecule has 0 aliphatic heterocycles. The molecule has 9 heteroatoms. The van der Waals surface area contributed by atoms with E-state index in [4.69, 9.17) is 5.73 Å². The summed E-state index contributed by atoms with van der Waals surface area (Å²) in [4.78, 5) is 29.6. The van der Waals surface area contributed by atoms with Crippen LogP contribution in [0.4, 0.5) is 5.95 Å². The van der Waals surface area contributed by atoms with Gasteiger partial charge in [0.15, 0.2) is 5.65 Å². The molecule has 0 amide bonds. The SMILES string of the molecule is Cc1cc(-c2c(-c3ccccc3)nc(N)n3c(=O)n(CCc4ncc[nH]4)nc23)cc(C)n1. The molecule has 4 aromatic heterocycles. The van der Waals surface area contributed by atoms with E-state index >= 15 is 0 Å². The summed E-state index contributed by atoms with van der Waals surface area (Å²) in [5, 5.41) is 4.68. The van der Waals surface area contributed by atoms with Crippen LogP contribution in [0, 0.1) is 13.8 Å². The fourth-order valence-corrected chi connectivity index (χ4v) is 3.94. The summed E-state index contributed by atoms with van der Waals surface area (Å²) < 4.78 is 2.78. The molecule has 160 valence electrons. The standard InChI is InChI=1S/C23H22N8O/c1-14-12-17(13-15(2)27-14)19-20(16-6-4-3-5-7-16)28-22(24)31-21(19)29-30(23(31)32)11-8-18-25-9-10-26-18/h3-7,9-10,12-13H,8,11H2,1-2H3,(H2,24,28)(H,25,26). The highest BCUT2D eigenvalue weighted by molar-refractivity contribution is 5.90. The summed E-state index contributed by atoms with van der Waals surface area (Å²) >= 11 is 0. The highest BCUT2D eigenvalue weighted by Gasteiger charge is 2.22. The Balaban J connectivity index is 1.77. The molecule has 0 saturated carbocycles. The van der Waals surface area contributed by atoms with Crippen LogP contribution in [0.3, 0.4) is 0 Å². The van der Waals surface area contributed by atoms with Crippen molar-refractivity contribution in [1.29, 1.82) is 0 Å². The number of aryl methyl sites for hydroxylation is 4. The van der Waals surface area contributed by atoms with Gasteiger partial charge in [0.05, 0.1) is 17.8 Å². The predicted octanol–water partition coefficient (Wildman–Crippen LogP) is 2.78. The summed E-state index contributed by atoms with van der Waals surface area (Å²) in [6, 6.07) is 13.7. The van der Waals surface area contributed by atoms with E-state index in [1.165, 1.54) is 9.08 Å². The first-order valence-electron chi connectivity index (χ1n) is 10.3. The van der Waals surface area contributed by atoms with Gasteiger partial charge in [-0.3, -0.25) is 4.98 Å². The lowest BCUT2D eigenvalue weighted by Crippen LogP contribution is -2.24. The van der Waals surface area contributed by atoms with Crippen molar-refractivity contribution in [2.24, 2.45) is 0 Å². The van der Waals surface area contributed by atoms with Crippen LogP contribution in [0.25, 0.3) is 28.0 Å². The second-order valence-electron chi connectivity index (χ2n) is 7.65. The average Bonchev–Trinajstić information content (AvgIpc) is 3.40. The number of imidazole rings is 1. The molecule has 0 aliphatic rings. The highest BCUT2D eigenvalue weighted by atomic mass is 16.2. The van der Waals surface area contributed by atoms with Crippen LogP contribution >= 0.6 is 0 Å². The molecule has 4 heterocycles. The van der Waals surface area contributed by atoms with Gasteiger partial charge in [-0.05, 0) is 31.5 Å². The number of hydrogen-bond donors (Lipinski definition) is 2. The smallest absolute Gasteiger partial charge is 0.353 e. The maximum absolute atomic E-state index is 13.2. The number of hydrogen-bond acceptors (Lipinski definition) is 6. The van der Waals surface area contributed by atoms with Crippen molar-refractivity contribution in [3.63, 3.8) is 0 Å². The van der Waals surface area contributed by atoms with Crippen LogP contribution in [0.5, 0.6) is 0 Å². The van der Waals surface area contributed by atoms with Gasteiger partial charge in [-0.15, -0.1) is 5.10 Å². The quantitative estimate of drug-likeness (QED) is 0.446.